The zero-order valence-corrected chi connectivity index (χ0v) is 14.8. The summed E-state index contributed by atoms with van der Waals surface area (Å²) in [4.78, 5) is 11.5. The minimum atomic E-state index is -0.877. The number of carbonyl (C=O) groups is 1. The van der Waals surface area contributed by atoms with E-state index < -0.39 is 5.97 Å². The zero-order valence-electron chi connectivity index (χ0n) is 14.0. The molecule has 0 amide bonds. The van der Waals surface area contributed by atoms with Gasteiger partial charge in [-0.15, -0.1) is 11.3 Å². The van der Waals surface area contributed by atoms with E-state index in [1.165, 1.54) is 22.3 Å². The smallest absolute Gasteiger partial charge is 0.345 e. The van der Waals surface area contributed by atoms with Crippen LogP contribution < -0.4 is 5.32 Å². The van der Waals surface area contributed by atoms with Gasteiger partial charge in [0.2, 0.25) is 0 Å². The highest BCUT2D eigenvalue weighted by Crippen LogP contribution is 2.29. The molecule has 24 heavy (non-hydrogen) atoms. The van der Waals surface area contributed by atoms with Crippen LogP contribution in [0.25, 0.3) is 15.9 Å². The third kappa shape index (κ3) is 3.52. The van der Waals surface area contributed by atoms with Crippen molar-refractivity contribution < 1.29 is 9.90 Å². The standard InChI is InChI=1S/C19H22N2O2S/c1-13(2)9-10-20-11-14-12-21(16-6-4-3-5-15(14)16)18-8-7-17(24-18)19(22)23/h3-8,12-13,20H,9-11H2,1-2H3,(H,22,23). The van der Waals surface area contributed by atoms with Gasteiger partial charge in [0.05, 0.1) is 5.52 Å². The predicted octanol–water partition coefficient (Wildman–Crippen LogP) is 4.53. The van der Waals surface area contributed by atoms with Crippen molar-refractivity contribution >= 4 is 28.2 Å². The molecule has 0 aliphatic carbocycles. The van der Waals surface area contributed by atoms with Crippen LogP contribution in [0.2, 0.25) is 0 Å². The zero-order chi connectivity index (χ0) is 17.1. The number of benzene rings is 1. The Morgan fingerprint density at radius 1 is 1.25 bits per heavy atom. The van der Waals surface area contributed by atoms with Crippen LogP contribution in [0, 0.1) is 5.92 Å². The van der Waals surface area contributed by atoms with Crippen molar-refractivity contribution in [1.82, 2.24) is 9.88 Å². The SMILES string of the molecule is CC(C)CCNCc1cn(-c2ccc(C(=O)O)s2)c2ccccc12. The van der Waals surface area contributed by atoms with Crippen molar-refractivity contribution in [3.8, 4) is 5.00 Å². The molecule has 2 N–H and O–H groups in total. The maximum atomic E-state index is 11.1. The number of hydrogen-bond acceptors (Lipinski definition) is 3. The van der Waals surface area contributed by atoms with Gasteiger partial charge < -0.3 is 15.0 Å². The Bertz CT molecular complexity index is 848. The van der Waals surface area contributed by atoms with Gasteiger partial charge in [-0.3, -0.25) is 0 Å². The fraction of sp³-hybridized carbons (Fsp3) is 0.316. The van der Waals surface area contributed by atoms with Gasteiger partial charge in [-0.2, -0.15) is 0 Å². The van der Waals surface area contributed by atoms with Gasteiger partial charge >= 0.3 is 5.97 Å². The lowest BCUT2D eigenvalue weighted by Crippen LogP contribution is -2.16. The second kappa shape index (κ2) is 7.20. The second-order valence-corrected chi connectivity index (χ2v) is 7.41. The highest BCUT2D eigenvalue weighted by Gasteiger charge is 2.13. The normalized spacial score (nSPS) is 11.5. The van der Waals surface area contributed by atoms with E-state index in [1.807, 2.05) is 18.2 Å². The first-order chi connectivity index (χ1) is 11.6. The first-order valence-electron chi connectivity index (χ1n) is 8.19. The first kappa shape index (κ1) is 16.7. The molecule has 0 aliphatic rings. The molecule has 126 valence electrons. The molecular formula is C19H22N2O2S. The van der Waals surface area contributed by atoms with Gasteiger partial charge in [0.1, 0.15) is 9.88 Å². The average Bonchev–Trinajstić information content (AvgIpc) is 3.16. The minimum Gasteiger partial charge on any atom is -0.477 e. The van der Waals surface area contributed by atoms with Gasteiger partial charge in [-0.1, -0.05) is 32.0 Å². The summed E-state index contributed by atoms with van der Waals surface area (Å²) >= 11 is 1.30. The molecule has 0 saturated carbocycles. The van der Waals surface area contributed by atoms with Crippen LogP contribution in [-0.2, 0) is 6.54 Å². The number of nitrogens with one attached hydrogen (secondary N) is 1. The Balaban J connectivity index is 1.89. The Morgan fingerprint density at radius 3 is 2.75 bits per heavy atom. The van der Waals surface area contributed by atoms with Crippen LogP contribution in [0.5, 0.6) is 0 Å². The number of rotatable bonds is 7. The van der Waals surface area contributed by atoms with Gasteiger partial charge in [-0.05, 0) is 42.6 Å². The molecule has 3 aromatic rings. The van der Waals surface area contributed by atoms with Crippen molar-refractivity contribution in [3.63, 3.8) is 0 Å². The van der Waals surface area contributed by atoms with E-state index in [9.17, 15) is 4.79 Å². The molecule has 2 aromatic heterocycles. The Labute approximate surface area is 145 Å². The molecule has 0 bridgehead atoms. The number of carboxylic acids is 1. The predicted molar refractivity (Wildman–Crippen MR) is 99.3 cm³/mol. The topological polar surface area (TPSA) is 54.3 Å². The fourth-order valence-electron chi connectivity index (χ4n) is 2.76. The number of hydrogen-bond donors (Lipinski definition) is 2. The highest BCUT2D eigenvalue weighted by molar-refractivity contribution is 7.16. The van der Waals surface area contributed by atoms with Crippen LogP contribution in [0.4, 0.5) is 0 Å². The van der Waals surface area contributed by atoms with Crippen molar-refractivity contribution in [2.24, 2.45) is 5.92 Å². The minimum absolute atomic E-state index is 0.361. The van der Waals surface area contributed by atoms with Crippen molar-refractivity contribution in [1.29, 1.82) is 0 Å². The molecule has 0 unspecified atom stereocenters. The number of thiophene rings is 1. The summed E-state index contributed by atoms with van der Waals surface area (Å²) in [5.74, 6) is -0.183. The van der Waals surface area contributed by atoms with Crippen LogP contribution in [-0.4, -0.2) is 22.2 Å². The molecule has 5 heteroatoms. The summed E-state index contributed by atoms with van der Waals surface area (Å²) in [6.45, 7) is 6.27. The molecule has 0 radical (unpaired) electrons. The summed E-state index contributed by atoms with van der Waals surface area (Å²) in [5.41, 5.74) is 2.34. The van der Waals surface area contributed by atoms with Crippen LogP contribution in [0.3, 0.4) is 0 Å². The van der Waals surface area contributed by atoms with Gasteiger partial charge in [0.15, 0.2) is 0 Å². The molecule has 0 atom stereocenters. The molecule has 1 aromatic carbocycles. The number of nitrogens with zero attached hydrogens (tertiary/aromatic N) is 1. The van der Waals surface area contributed by atoms with E-state index in [-0.39, 0.29) is 0 Å². The Morgan fingerprint density at radius 2 is 2.04 bits per heavy atom. The Hall–Kier alpha value is -2.11. The molecule has 0 aliphatic heterocycles. The van der Waals surface area contributed by atoms with Crippen LogP contribution in [0.1, 0.15) is 35.5 Å². The second-order valence-electron chi connectivity index (χ2n) is 6.34. The fourth-order valence-corrected chi connectivity index (χ4v) is 3.59. The van der Waals surface area contributed by atoms with E-state index >= 15 is 0 Å². The number of aromatic nitrogens is 1. The lowest BCUT2D eigenvalue weighted by atomic mass is 10.1. The number of para-hydroxylation sites is 1. The maximum Gasteiger partial charge on any atom is 0.345 e. The third-order valence-electron chi connectivity index (χ3n) is 4.05. The summed E-state index contributed by atoms with van der Waals surface area (Å²) < 4.78 is 2.09. The summed E-state index contributed by atoms with van der Waals surface area (Å²) in [6.07, 6.45) is 3.27. The quantitative estimate of drug-likeness (QED) is 0.620. The summed E-state index contributed by atoms with van der Waals surface area (Å²) in [5, 5.41) is 14.8. The van der Waals surface area contributed by atoms with E-state index in [0.29, 0.717) is 10.8 Å². The molecule has 4 nitrogen and oxygen atoms in total. The van der Waals surface area contributed by atoms with Gasteiger partial charge in [0.25, 0.3) is 0 Å². The largest absolute Gasteiger partial charge is 0.477 e. The lowest BCUT2D eigenvalue weighted by molar-refractivity contribution is 0.0702. The molecule has 0 fully saturated rings. The molecule has 0 saturated heterocycles. The van der Waals surface area contributed by atoms with E-state index in [4.69, 9.17) is 5.11 Å². The van der Waals surface area contributed by atoms with Crippen molar-refractivity contribution in [2.45, 2.75) is 26.8 Å². The molecule has 2 heterocycles. The van der Waals surface area contributed by atoms with Gasteiger partial charge in [0, 0.05) is 18.1 Å². The summed E-state index contributed by atoms with van der Waals surface area (Å²) in [7, 11) is 0. The Kier molecular flexibility index (Phi) is 5.02. The van der Waals surface area contributed by atoms with Gasteiger partial charge in [-0.25, -0.2) is 4.79 Å². The number of carboxylic acid groups (broad SMARTS) is 1. The van der Waals surface area contributed by atoms with Crippen molar-refractivity contribution in [2.75, 3.05) is 6.54 Å². The monoisotopic (exact) mass is 342 g/mol. The lowest BCUT2D eigenvalue weighted by Gasteiger charge is -2.06. The van der Waals surface area contributed by atoms with E-state index in [2.05, 4.69) is 42.1 Å². The average molecular weight is 342 g/mol. The number of aromatic carboxylic acids is 1. The van der Waals surface area contributed by atoms with E-state index in [1.54, 1.807) is 6.07 Å². The molecular weight excluding hydrogens is 320 g/mol. The third-order valence-corrected chi connectivity index (χ3v) is 5.12. The maximum absolute atomic E-state index is 11.1. The first-order valence-corrected chi connectivity index (χ1v) is 9.01. The number of fused-ring (bicyclic) bond motifs is 1. The van der Waals surface area contributed by atoms with Crippen molar-refractivity contribution in [3.05, 3.63) is 53.0 Å². The highest BCUT2D eigenvalue weighted by atomic mass is 32.1. The summed E-state index contributed by atoms with van der Waals surface area (Å²) in [6, 6.07) is 11.8. The molecule has 3 rings (SSSR count). The van der Waals surface area contributed by atoms with Crippen LogP contribution >= 0.6 is 11.3 Å². The van der Waals surface area contributed by atoms with Crippen LogP contribution in [0.15, 0.2) is 42.6 Å². The van der Waals surface area contributed by atoms with E-state index in [0.717, 1.165) is 30.0 Å². The molecule has 0 spiro atoms.